The Hall–Kier alpha value is -1.06. The van der Waals surface area contributed by atoms with E-state index in [2.05, 4.69) is 12.2 Å². The zero-order chi connectivity index (χ0) is 21.3. The van der Waals surface area contributed by atoms with Gasteiger partial charge in [0.2, 0.25) is 0 Å². The molecule has 0 aliphatic carbocycles. The summed E-state index contributed by atoms with van der Waals surface area (Å²) in [6, 6.07) is 9.96. The summed E-state index contributed by atoms with van der Waals surface area (Å²) in [5.74, 6) is -1.76. The van der Waals surface area contributed by atoms with Crippen LogP contribution in [0.25, 0.3) is 0 Å². The fourth-order valence-electron chi connectivity index (χ4n) is 3.85. The molecule has 0 saturated carbocycles. The van der Waals surface area contributed by atoms with Crippen LogP contribution in [0.2, 0.25) is 0 Å². The van der Waals surface area contributed by atoms with Gasteiger partial charge in [0.25, 0.3) is 0 Å². The normalized spacial score (nSPS) is 26.6. The molecule has 2 rings (SSSR count). The third-order valence-electron chi connectivity index (χ3n) is 5.92. The van der Waals surface area contributed by atoms with Crippen molar-refractivity contribution in [1.82, 2.24) is 5.32 Å². The first-order valence-electron chi connectivity index (χ1n) is 10.9. The van der Waals surface area contributed by atoms with Gasteiger partial charge < -0.3 is 20.1 Å². The van der Waals surface area contributed by atoms with E-state index in [4.69, 9.17) is 10.5 Å². The number of rotatable bonds is 12. The summed E-state index contributed by atoms with van der Waals surface area (Å²) in [7, 11) is 1.93. The van der Waals surface area contributed by atoms with Crippen LogP contribution in [0.3, 0.4) is 0 Å². The van der Waals surface area contributed by atoms with Crippen molar-refractivity contribution in [3.05, 3.63) is 35.9 Å². The van der Waals surface area contributed by atoms with Crippen LogP contribution in [0.15, 0.2) is 30.3 Å². The second kappa shape index (κ2) is 11.4. The monoisotopic (exact) mass is 409 g/mol. The number of benzene rings is 1. The number of aliphatic hydroxyl groups is 2. The van der Waals surface area contributed by atoms with Gasteiger partial charge in [-0.2, -0.15) is 5.32 Å². The Balaban J connectivity index is 2.05. The summed E-state index contributed by atoms with van der Waals surface area (Å²) in [5.41, 5.74) is 7.47. The molecule has 5 unspecified atom stereocenters. The van der Waals surface area contributed by atoms with Gasteiger partial charge >= 0.3 is 5.97 Å². The minimum Gasteiger partial charge on any atom is -0.848 e. The smallest absolute Gasteiger partial charge is 0.325 e. The van der Waals surface area contributed by atoms with Crippen LogP contribution in [0.4, 0.5) is 0 Å². The molecule has 1 aliphatic heterocycles. The number of ether oxygens (including phenoxy) is 1. The zero-order valence-electron chi connectivity index (χ0n) is 17.9. The van der Waals surface area contributed by atoms with Crippen molar-refractivity contribution < 1.29 is 24.5 Å². The fourth-order valence-corrected chi connectivity index (χ4v) is 3.85. The number of hydrogen-bond donors (Lipinski definition) is 4. The lowest BCUT2D eigenvalue weighted by atomic mass is 10.1. The molecule has 29 heavy (non-hydrogen) atoms. The topological polar surface area (TPSA) is 111 Å². The van der Waals surface area contributed by atoms with E-state index in [9.17, 15) is 15.3 Å². The summed E-state index contributed by atoms with van der Waals surface area (Å²) < 4.78 is 5.65. The molecule has 5 N–H and O–H groups in total. The van der Waals surface area contributed by atoms with Gasteiger partial charge in [0.15, 0.2) is 0 Å². The minimum absolute atomic E-state index is 0.102. The van der Waals surface area contributed by atoms with Crippen molar-refractivity contribution in [1.29, 1.82) is 0 Å². The molecule has 1 saturated heterocycles. The largest absolute Gasteiger partial charge is 0.848 e. The van der Waals surface area contributed by atoms with Crippen molar-refractivity contribution in [2.24, 2.45) is 5.73 Å². The lowest BCUT2D eigenvalue weighted by Gasteiger charge is -2.48. The van der Waals surface area contributed by atoms with Crippen LogP contribution in [0.1, 0.15) is 57.4 Å². The number of nitrogens with zero attached hydrogens (tertiary/aromatic N) is 1. The Morgan fingerprint density at radius 1 is 1.21 bits per heavy atom. The van der Waals surface area contributed by atoms with E-state index in [0.717, 1.165) is 18.4 Å². The van der Waals surface area contributed by atoms with E-state index in [0.29, 0.717) is 13.1 Å². The first kappa shape index (κ1) is 24.2. The summed E-state index contributed by atoms with van der Waals surface area (Å²) in [6.07, 6.45) is 4.19. The lowest BCUT2D eigenvalue weighted by molar-refractivity contribution is -1.000. The van der Waals surface area contributed by atoms with Gasteiger partial charge in [-0.05, 0) is 12.8 Å². The predicted molar refractivity (Wildman–Crippen MR) is 111 cm³/mol. The van der Waals surface area contributed by atoms with Gasteiger partial charge in [-0.25, -0.2) is 5.73 Å². The van der Waals surface area contributed by atoms with E-state index < -0.39 is 24.4 Å². The van der Waals surface area contributed by atoms with Crippen LogP contribution >= 0.6 is 0 Å². The maximum atomic E-state index is 11.6. The van der Waals surface area contributed by atoms with Gasteiger partial charge in [0, 0.05) is 24.7 Å². The van der Waals surface area contributed by atoms with Crippen molar-refractivity contribution in [2.75, 3.05) is 20.2 Å². The Labute approximate surface area is 175 Å². The summed E-state index contributed by atoms with van der Waals surface area (Å²) in [5, 5.41) is 35.6. The highest BCUT2D eigenvalue weighted by Crippen LogP contribution is 2.23. The molecule has 0 aromatic heterocycles. The number of hydrogen-bond acceptors (Lipinski definition) is 6. The number of quaternary nitrogens is 1. The molecule has 0 radical (unpaired) electrons. The standard InChI is InChI=1S/C22H39N3O4/c1-3-4-5-6-7-11-14-25(2,16-18-12-9-8-10-13-18)22(23,28)24-21-15-19(26)20(27)17-29-21/h8-10,12-13,19-21,24,26,28H,3-7,11,14-17,23H2,1-2H3. The predicted octanol–water partition coefficient (Wildman–Crippen LogP) is 0.982. The fraction of sp³-hybridized carbons (Fsp3) is 0.727. The van der Waals surface area contributed by atoms with E-state index in [1.54, 1.807) is 0 Å². The maximum absolute atomic E-state index is 11.6. The Bertz CT molecular complexity index is 587. The Kier molecular flexibility index (Phi) is 9.49. The minimum atomic E-state index is -1.76. The number of nitrogens with two attached hydrogens (primary N) is 1. The number of aliphatic hydroxyl groups excluding tert-OH is 1. The maximum Gasteiger partial charge on any atom is 0.325 e. The molecule has 166 valence electrons. The molecule has 7 heteroatoms. The highest BCUT2D eigenvalue weighted by atomic mass is 16.5. The van der Waals surface area contributed by atoms with Gasteiger partial charge in [0.1, 0.15) is 12.8 Å². The quantitative estimate of drug-likeness (QED) is 0.233. The highest BCUT2D eigenvalue weighted by molar-refractivity contribution is 5.13. The van der Waals surface area contributed by atoms with Gasteiger partial charge in [-0.1, -0.05) is 69.0 Å². The van der Waals surface area contributed by atoms with Crippen LogP contribution in [-0.2, 0) is 11.3 Å². The van der Waals surface area contributed by atoms with Crippen LogP contribution in [-0.4, -0.2) is 59.3 Å². The molecule has 5 atom stereocenters. The van der Waals surface area contributed by atoms with E-state index in [-0.39, 0.29) is 17.5 Å². The SMILES string of the molecule is CCCCCCCC[N+](C)(Cc1ccccc1)C(N)(O)NC1CC(O)C([O-])CO1. The third kappa shape index (κ3) is 7.29. The van der Waals surface area contributed by atoms with Crippen molar-refractivity contribution in [3.63, 3.8) is 0 Å². The van der Waals surface area contributed by atoms with Gasteiger partial charge in [-0.3, -0.25) is 4.48 Å². The molecular formula is C22H39N3O4. The molecule has 1 fully saturated rings. The summed E-state index contributed by atoms with van der Waals surface area (Å²) in [6.45, 7) is 3.35. The molecule has 0 amide bonds. The molecule has 1 aromatic rings. The Morgan fingerprint density at radius 3 is 2.52 bits per heavy atom. The van der Waals surface area contributed by atoms with E-state index in [1.165, 1.54) is 25.7 Å². The Morgan fingerprint density at radius 2 is 1.86 bits per heavy atom. The van der Waals surface area contributed by atoms with E-state index >= 15 is 0 Å². The van der Waals surface area contributed by atoms with Gasteiger partial charge in [-0.15, -0.1) is 0 Å². The molecule has 0 bridgehead atoms. The first-order chi connectivity index (χ1) is 13.8. The zero-order valence-corrected chi connectivity index (χ0v) is 17.9. The molecule has 0 spiro atoms. The molecule has 1 heterocycles. The second-order valence-corrected chi connectivity index (χ2v) is 8.56. The molecule has 1 aromatic carbocycles. The number of nitrogens with one attached hydrogen (secondary N) is 1. The second-order valence-electron chi connectivity index (χ2n) is 8.56. The van der Waals surface area contributed by atoms with Crippen LogP contribution in [0, 0.1) is 0 Å². The van der Waals surface area contributed by atoms with Crippen LogP contribution < -0.4 is 16.2 Å². The first-order valence-corrected chi connectivity index (χ1v) is 10.9. The highest BCUT2D eigenvalue weighted by Gasteiger charge is 2.46. The summed E-state index contributed by atoms with van der Waals surface area (Å²) in [4.78, 5) is 0. The van der Waals surface area contributed by atoms with Crippen molar-refractivity contribution in [2.45, 2.75) is 82.8 Å². The van der Waals surface area contributed by atoms with Crippen LogP contribution in [0.5, 0.6) is 0 Å². The molecule has 1 aliphatic rings. The van der Waals surface area contributed by atoms with Crippen molar-refractivity contribution in [3.8, 4) is 0 Å². The average molecular weight is 410 g/mol. The summed E-state index contributed by atoms with van der Waals surface area (Å²) >= 11 is 0. The third-order valence-corrected chi connectivity index (χ3v) is 5.92. The lowest BCUT2D eigenvalue weighted by Crippen LogP contribution is -2.76. The number of unbranched alkanes of at least 4 members (excludes halogenated alkanes) is 5. The van der Waals surface area contributed by atoms with Crippen molar-refractivity contribution >= 4 is 0 Å². The van der Waals surface area contributed by atoms with E-state index in [1.807, 2.05) is 37.4 Å². The van der Waals surface area contributed by atoms with Gasteiger partial charge in [0.05, 0.1) is 13.6 Å². The molecular weight excluding hydrogens is 370 g/mol. The average Bonchev–Trinajstić information content (AvgIpc) is 2.68. The molecule has 7 nitrogen and oxygen atoms in total.